The summed E-state index contributed by atoms with van der Waals surface area (Å²) in [6.45, 7) is 1.90. The van der Waals surface area contributed by atoms with Crippen LogP contribution in [0.3, 0.4) is 0 Å². The van der Waals surface area contributed by atoms with Crippen LogP contribution < -0.4 is 5.32 Å². The third-order valence-corrected chi connectivity index (χ3v) is 7.62. The van der Waals surface area contributed by atoms with E-state index in [9.17, 15) is 9.18 Å². The average Bonchev–Trinajstić information content (AvgIpc) is 3.50. The molecule has 3 N–H and O–H groups in total. The summed E-state index contributed by atoms with van der Waals surface area (Å²) in [7, 11) is 0. The maximum absolute atomic E-state index is 14.2. The lowest BCUT2D eigenvalue weighted by molar-refractivity contribution is -0.122. The number of fused-ring (bicyclic) bond motifs is 2. The number of aromatic nitrogens is 4. The van der Waals surface area contributed by atoms with Crippen LogP contribution in [0.25, 0.3) is 55.6 Å². The second-order valence-electron chi connectivity index (χ2n) is 10.4. The molecule has 192 valence electrons. The topological polar surface area (TPSA) is 86.5 Å². The lowest BCUT2D eigenvalue weighted by atomic mass is 9.85. The van der Waals surface area contributed by atoms with Gasteiger partial charge in [0.1, 0.15) is 11.5 Å². The van der Waals surface area contributed by atoms with Gasteiger partial charge in [-0.3, -0.25) is 14.9 Å². The van der Waals surface area contributed by atoms with Crippen LogP contribution in [-0.2, 0) is 4.79 Å². The van der Waals surface area contributed by atoms with Crippen LogP contribution >= 0.6 is 0 Å². The first kappa shape index (κ1) is 23.3. The third-order valence-electron chi connectivity index (χ3n) is 7.62. The van der Waals surface area contributed by atoms with Gasteiger partial charge in [-0.05, 0) is 78.9 Å². The van der Waals surface area contributed by atoms with Gasteiger partial charge in [0, 0.05) is 33.5 Å². The number of pyridine rings is 1. The Hall–Kier alpha value is -4.78. The highest BCUT2D eigenvalue weighted by Gasteiger charge is 2.25. The molecule has 1 saturated carbocycles. The molecular formula is C32H26FN5O. The normalized spacial score (nSPS) is 13.6. The van der Waals surface area contributed by atoms with E-state index in [0.29, 0.717) is 0 Å². The molecule has 6 aromatic rings. The van der Waals surface area contributed by atoms with Crippen molar-refractivity contribution < 1.29 is 9.18 Å². The van der Waals surface area contributed by atoms with Gasteiger partial charge < -0.3 is 10.3 Å². The number of anilines is 1. The SMILES string of the molecule is Cc1cc(F)cc(-c2cccc3[nH]c(-c4n[nH]c5cnc(-c6cccc(NC(=O)C7CCC7)c6)cc45)cc23)c1. The van der Waals surface area contributed by atoms with Gasteiger partial charge in [-0.25, -0.2) is 4.39 Å². The van der Waals surface area contributed by atoms with Gasteiger partial charge >= 0.3 is 0 Å². The predicted molar refractivity (Wildman–Crippen MR) is 153 cm³/mol. The van der Waals surface area contributed by atoms with Gasteiger partial charge in [0.2, 0.25) is 5.91 Å². The molecule has 0 aliphatic heterocycles. The number of benzene rings is 3. The molecule has 1 fully saturated rings. The summed E-state index contributed by atoms with van der Waals surface area (Å²) in [5.74, 6) is -0.0355. The van der Waals surface area contributed by atoms with Crippen molar-refractivity contribution in [2.45, 2.75) is 26.2 Å². The van der Waals surface area contributed by atoms with E-state index < -0.39 is 0 Å². The van der Waals surface area contributed by atoms with Crippen molar-refractivity contribution in [1.82, 2.24) is 20.2 Å². The fourth-order valence-corrected chi connectivity index (χ4v) is 5.38. The molecule has 3 heterocycles. The van der Waals surface area contributed by atoms with Crippen molar-refractivity contribution in [3.05, 3.63) is 90.4 Å². The fraction of sp³-hybridized carbons (Fsp3) is 0.156. The number of H-pyrrole nitrogens is 2. The fourth-order valence-electron chi connectivity index (χ4n) is 5.38. The van der Waals surface area contributed by atoms with Crippen LogP contribution in [0.15, 0.2) is 79.0 Å². The van der Waals surface area contributed by atoms with Gasteiger partial charge in [0.05, 0.1) is 23.1 Å². The monoisotopic (exact) mass is 515 g/mol. The Morgan fingerprint density at radius 2 is 1.82 bits per heavy atom. The van der Waals surface area contributed by atoms with Crippen molar-refractivity contribution in [3.8, 4) is 33.8 Å². The number of nitrogens with zero attached hydrogens (tertiary/aromatic N) is 2. The lowest BCUT2D eigenvalue weighted by Gasteiger charge is -2.24. The summed E-state index contributed by atoms with van der Waals surface area (Å²) < 4.78 is 14.2. The zero-order chi connectivity index (χ0) is 26.5. The summed E-state index contributed by atoms with van der Waals surface area (Å²) in [5.41, 5.74) is 8.56. The van der Waals surface area contributed by atoms with E-state index in [1.165, 1.54) is 6.07 Å². The maximum Gasteiger partial charge on any atom is 0.227 e. The predicted octanol–water partition coefficient (Wildman–Crippen LogP) is 7.63. The zero-order valence-electron chi connectivity index (χ0n) is 21.4. The zero-order valence-corrected chi connectivity index (χ0v) is 21.4. The van der Waals surface area contributed by atoms with Crippen molar-refractivity contribution in [2.75, 3.05) is 5.32 Å². The summed E-state index contributed by atoms with van der Waals surface area (Å²) in [4.78, 5) is 20.6. The van der Waals surface area contributed by atoms with E-state index in [4.69, 9.17) is 0 Å². The van der Waals surface area contributed by atoms with Crippen LogP contribution in [0.1, 0.15) is 24.8 Å². The minimum Gasteiger partial charge on any atom is -0.353 e. The summed E-state index contributed by atoms with van der Waals surface area (Å²) >= 11 is 0. The molecule has 0 saturated heterocycles. The van der Waals surface area contributed by atoms with Gasteiger partial charge in [0.15, 0.2) is 0 Å². The molecule has 3 aromatic carbocycles. The van der Waals surface area contributed by atoms with Gasteiger partial charge in [-0.1, -0.05) is 36.8 Å². The molecule has 39 heavy (non-hydrogen) atoms. The van der Waals surface area contributed by atoms with Crippen LogP contribution in [0.5, 0.6) is 0 Å². The molecule has 3 aromatic heterocycles. The van der Waals surface area contributed by atoms with Crippen LogP contribution in [0.4, 0.5) is 10.1 Å². The average molecular weight is 516 g/mol. The summed E-state index contributed by atoms with van der Waals surface area (Å²) in [6, 6.07) is 23.0. The van der Waals surface area contributed by atoms with Crippen LogP contribution in [0, 0.1) is 18.7 Å². The number of carbonyl (C=O) groups is 1. The summed E-state index contributed by atoms with van der Waals surface area (Å²) in [5, 5.41) is 12.7. The first-order valence-corrected chi connectivity index (χ1v) is 13.2. The number of hydrogen-bond donors (Lipinski definition) is 3. The molecule has 1 amide bonds. The van der Waals surface area contributed by atoms with Crippen LogP contribution in [0.2, 0.25) is 0 Å². The molecular weight excluding hydrogens is 489 g/mol. The van der Waals surface area contributed by atoms with E-state index in [-0.39, 0.29) is 17.6 Å². The molecule has 0 bridgehead atoms. The number of halogens is 1. The van der Waals surface area contributed by atoms with Crippen molar-refractivity contribution in [2.24, 2.45) is 5.92 Å². The van der Waals surface area contributed by atoms with E-state index in [1.807, 2.05) is 61.5 Å². The highest BCUT2D eigenvalue weighted by Crippen LogP contribution is 2.35. The van der Waals surface area contributed by atoms with Gasteiger partial charge in [-0.2, -0.15) is 5.10 Å². The van der Waals surface area contributed by atoms with Crippen molar-refractivity contribution >= 4 is 33.4 Å². The molecule has 0 spiro atoms. The van der Waals surface area contributed by atoms with E-state index >= 15 is 0 Å². The molecule has 1 aliphatic rings. The number of aryl methyl sites for hydroxylation is 1. The van der Waals surface area contributed by atoms with E-state index in [2.05, 4.69) is 31.5 Å². The Morgan fingerprint density at radius 1 is 0.949 bits per heavy atom. The first-order chi connectivity index (χ1) is 19.0. The van der Waals surface area contributed by atoms with E-state index in [1.54, 1.807) is 12.3 Å². The Morgan fingerprint density at radius 3 is 2.64 bits per heavy atom. The molecule has 0 unspecified atom stereocenters. The number of nitrogens with one attached hydrogen (secondary N) is 3. The Bertz CT molecular complexity index is 1860. The number of rotatable bonds is 5. The van der Waals surface area contributed by atoms with Crippen LogP contribution in [-0.4, -0.2) is 26.1 Å². The minimum absolute atomic E-state index is 0.0884. The lowest BCUT2D eigenvalue weighted by Crippen LogP contribution is -2.27. The largest absolute Gasteiger partial charge is 0.353 e. The third kappa shape index (κ3) is 4.26. The highest BCUT2D eigenvalue weighted by molar-refractivity contribution is 6.01. The number of carbonyl (C=O) groups excluding carboxylic acids is 1. The molecule has 0 atom stereocenters. The molecule has 7 heteroatoms. The standard InChI is InChI=1S/C32H26FN5O/c1-18-11-21(13-22(33)12-18)24-9-4-10-27-25(24)15-29(36-27)31-26-16-28(34-17-30(26)37-38-31)20-7-3-8-23(14-20)35-32(39)19-5-2-6-19/h3-4,7-17,19,36H,2,5-6H2,1H3,(H,35,39)(H,37,38). The van der Waals surface area contributed by atoms with Gasteiger partial charge in [-0.15, -0.1) is 0 Å². The first-order valence-electron chi connectivity index (χ1n) is 13.2. The molecule has 7 rings (SSSR count). The second-order valence-corrected chi connectivity index (χ2v) is 10.4. The van der Waals surface area contributed by atoms with Crippen molar-refractivity contribution in [3.63, 3.8) is 0 Å². The smallest absolute Gasteiger partial charge is 0.227 e. The van der Waals surface area contributed by atoms with Gasteiger partial charge in [0.25, 0.3) is 0 Å². The highest BCUT2D eigenvalue weighted by atomic mass is 19.1. The quantitative estimate of drug-likeness (QED) is 0.221. The Labute approximate surface area is 224 Å². The minimum atomic E-state index is -0.247. The molecule has 6 nitrogen and oxygen atoms in total. The maximum atomic E-state index is 14.2. The number of aromatic amines is 2. The second kappa shape index (κ2) is 9.20. The van der Waals surface area contributed by atoms with Crippen molar-refractivity contribution in [1.29, 1.82) is 0 Å². The van der Waals surface area contributed by atoms with E-state index in [0.717, 1.165) is 86.1 Å². The Balaban J connectivity index is 1.27. The number of hydrogen-bond acceptors (Lipinski definition) is 3. The summed E-state index contributed by atoms with van der Waals surface area (Å²) in [6.07, 6.45) is 4.83. The number of amides is 1. The molecule has 0 radical (unpaired) electrons. The molecule has 1 aliphatic carbocycles. The Kier molecular flexibility index (Phi) is 5.51.